The lowest BCUT2D eigenvalue weighted by Gasteiger charge is -2.36. The second kappa shape index (κ2) is 15.5. The molecule has 1 aliphatic heterocycles. The number of carbonyl (C=O) groups is 2. The fourth-order valence-corrected chi connectivity index (χ4v) is 6.53. The van der Waals surface area contributed by atoms with Gasteiger partial charge in [-0.2, -0.15) is 5.10 Å². The van der Waals surface area contributed by atoms with Gasteiger partial charge in [-0.1, -0.05) is 30.3 Å². The van der Waals surface area contributed by atoms with Gasteiger partial charge >= 0.3 is 0 Å². The first-order chi connectivity index (χ1) is 22.6. The fourth-order valence-electron chi connectivity index (χ4n) is 6.53. The summed E-state index contributed by atoms with van der Waals surface area (Å²) in [7, 11) is 1.79. The number of halogens is 1. The SMILES string of the molecule is Cc1cc(C(=O)NC2CCC(NC(=O)/C(=C/CF)C(=N)Oc3cccc(-c4cccc(CN5CC(C)N[C@@H](C)C5)c4)c3)CC2)nn1C. The van der Waals surface area contributed by atoms with Crippen LogP contribution in [-0.2, 0) is 18.4 Å². The number of benzene rings is 2. The zero-order valence-electron chi connectivity index (χ0n) is 27.7. The zero-order chi connectivity index (χ0) is 33.5. The topological polar surface area (TPSA) is 124 Å². The van der Waals surface area contributed by atoms with Gasteiger partial charge in [-0.05, 0) is 93.5 Å². The van der Waals surface area contributed by atoms with E-state index in [0.29, 0.717) is 49.2 Å². The number of piperazine rings is 1. The number of nitrogens with zero attached hydrogens (tertiary/aromatic N) is 3. The molecular weight excluding hydrogens is 597 g/mol. The van der Waals surface area contributed by atoms with E-state index in [1.54, 1.807) is 23.9 Å². The highest BCUT2D eigenvalue weighted by Crippen LogP contribution is 2.26. The van der Waals surface area contributed by atoms with Gasteiger partial charge in [-0.15, -0.1) is 0 Å². The molecule has 11 heteroatoms. The van der Waals surface area contributed by atoms with E-state index in [1.165, 1.54) is 5.56 Å². The van der Waals surface area contributed by atoms with E-state index in [2.05, 4.69) is 51.9 Å². The fraction of sp³-hybridized carbons (Fsp3) is 0.444. The molecule has 1 unspecified atom stereocenters. The molecule has 0 radical (unpaired) electrons. The number of allylic oxidation sites excluding steroid dienone is 1. The number of alkyl halides is 1. The number of amides is 2. The minimum absolute atomic E-state index is 0.0251. The maximum Gasteiger partial charge on any atom is 0.272 e. The lowest BCUT2D eigenvalue weighted by atomic mass is 9.91. The Morgan fingerprint density at radius 3 is 2.28 bits per heavy atom. The van der Waals surface area contributed by atoms with E-state index in [4.69, 9.17) is 10.1 Å². The van der Waals surface area contributed by atoms with Crippen molar-refractivity contribution < 1.29 is 18.7 Å². The second-order valence-electron chi connectivity index (χ2n) is 12.9. The lowest BCUT2D eigenvalue weighted by molar-refractivity contribution is -0.118. The number of rotatable bonds is 10. The first-order valence-electron chi connectivity index (χ1n) is 16.4. The Bertz CT molecular complexity index is 1580. The maximum atomic E-state index is 13.5. The number of aryl methyl sites for hydroxylation is 2. The highest BCUT2D eigenvalue weighted by atomic mass is 19.1. The van der Waals surface area contributed by atoms with Crippen LogP contribution in [0.2, 0.25) is 0 Å². The van der Waals surface area contributed by atoms with Crippen LogP contribution in [0.3, 0.4) is 0 Å². The maximum absolute atomic E-state index is 13.5. The van der Waals surface area contributed by atoms with Crippen molar-refractivity contribution in [2.45, 2.75) is 77.2 Å². The van der Waals surface area contributed by atoms with Gasteiger partial charge in [-0.3, -0.25) is 24.6 Å². The third kappa shape index (κ3) is 9.14. The smallest absolute Gasteiger partial charge is 0.272 e. The van der Waals surface area contributed by atoms with Gasteiger partial charge in [0, 0.05) is 56.5 Å². The van der Waals surface area contributed by atoms with Crippen molar-refractivity contribution in [3.05, 3.63) is 83.2 Å². The third-order valence-electron chi connectivity index (χ3n) is 8.87. The van der Waals surface area contributed by atoms with Crippen molar-refractivity contribution in [1.29, 1.82) is 5.41 Å². The Kier molecular flexibility index (Phi) is 11.2. The van der Waals surface area contributed by atoms with E-state index in [1.807, 2.05) is 37.3 Å². The standard InChI is InChI=1S/C36H46FN7O3/c1-23-20-44(21-24(2)39-23)22-26-7-5-8-27(18-26)28-9-6-10-31(19-28)47-34(38)32(15-16-37)35(45)40-29-11-13-30(14-12-29)41-36(46)33-17-25(3)43(4)42-33/h5-10,15,17-19,23-24,29-30,38-39H,11-14,16,20-22H2,1-4H3,(H,40,45)(H,41,46)/b32-15+,38-34?/t23-,24?,29?,30?/m0/s1. The average Bonchev–Trinajstić information content (AvgIpc) is 3.38. The minimum atomic E-state index is -0.905. The molecular formula is C36H46FN7O3. The van der Waals surface area contributed by atoms with Crippen LogP contribution in [0.25, 0.3) is 11.1 Å². The summed E-state index contributed by atoms with van der Waals surface area (Å²) in [5.41, 5.74) is 4.29. The molecule has 1 saturated heterocycles. The van der Waals surface area contributed by atoms with Gasteiger partial charge in [0.2, 0.25) is 5.90 Å². The molecule has 1 aliphatic carbocycles. The molecule has 2 aliphatic rings. The van der Waals surface area contributed by atoms with Crippen LogP contribution in [0, 0.1) is 12.3 Å². The summed E-state index contributed by atoms with van der Waals surface area (Å²) in [6.45, 7) is 8.25. The predicted octanol–water partition coefficient (Wildman–Crippen LogP) is 4.69. The van der Waals surface area contributed by atoms with Crippen LogP contribution < -0.4 is 20.7 Å². The van der Waals surface area contributed by atoms with Gasteiger partial charge in [-0.25, -0.2) is 4.39 Å². The Hall–Kier alpha value is -4.35. The van der Waals surface area contributed by atoms with Crippen LogP contribution in [0.4, 0.5) is 4.39 Å². The summed E-state index contributed by atoms with van der Waals surface area (Å²) >= 11 is 0. The monoisotopic (exact) mass is 643 g/mol. The summed E-state index contributed by atoms with van der Waals surface area (Å²) in [5, 5.41) is 22.3. The molecule has 2 heterocycles. The molecule has 2 aromatic carbocycles. The number of carbonyl (C=O) groups excluding carboxylic acids is 2. The summed E-state index contributed by atoms with van der Waals surface area (Å²) in [4.78, 5) is 28.2. The Morgan fingerprint density at radius 1 is 1.00 bits per heavy atom. The van der Waals surface area contributed by atoms with Crippen LogP contribution in [0.15, 0.2) is 66.2 Å². The molecule has 5 rings (SSSR count). The van der Waals surface area contributed by atoms with E-state index in [-0.39, 0.29) is 23.6 Å². The van der Waals surface area contributed by atoms with E-state index in [9.17, 15) is 14.0 Å². The first-order valence-corrected chi connectivity index (χ1v) is 16.4. The number of ether oxygens (including phenoxy) is 1. The van der Waals surface area contributed by atoms with Crippen molar-refractivity contribution in [3.8, 4) is 16.9 Å². The van der Waals surface area contributed by atoms with E-state index in [0.717, 1.165) is 42.5 Å². The molecule has 1 aromatic heterocycles. The average molecular weight is 644 g/mol. The van der Waals surface area contributed by atoms with Crippen molar-refractivity contribution in [3.63, 3.8) is 0 Å². The second-order valence-corrected chi connectivity index (χ2v) is 12.9. The zero-order valence-corrected chi connectivity index (χ0v) is 27.7. The molecule has 0 bridgehead atoms. The normalized spacial score (nSPS) is 22.0. The van der Waals surface area contributed by atoms with Crippen LogP contribution in [0.1, 0.15) is 61.3 Å². The Morgan fingerprint density at radius 2 is 1.64 bits per heavy atom. The van der Waals surface area contributed by atoms with Gasteiger partial charge in [0.05, 0.1) is 5.57 Å². The molecule has 3 aromatic rings. The lowest BCUT2D eigenvalue weighted by Crippen LogP contribution is -2.53. The summed E-state index contributed by atoms with van der Waals surface area (Å²) in [6, 6.07) is 18.2. The number of hydrogen-bond donors (Lipinski definition) is 4. The molecule has 10 nitrogen and oxygen atoms in total. The molecule has 2 atom stereocenters. The molecule has 2 fully saturated rings. The number of nitrogens with one attached hydrogen (secondary N) is 4. The number of aromatic nitrogens is 2. The Labute approximate surface area is 276 Å². The quantitative estimate of drug-likeness (QED) is 0.145. The van der Waals surface area contributed by atoms with Crippen molar-refractivity contribution in [1.82, 2.24) is 30.6 Å². The van der Waals surface area contributed by atoms with Gasteiger partial charge in [0.15, 0.2) is 0 Å². The molecule has 4 N–H and O–H groups in total. The van der Waals surface area contributed by atoms with Gasteiger partial charge in [0.25, 0.3) is 11.8 Å². The Balaban J connectivity index is 1.15. The molecule has 0 spiro atoms. The van der Waals surface area contributed by atoms with Gasteiger partial charge < -0.3 is 20.7 Å². The van der Waals surface area contributed by atoms with Crippen molar-refractivity contribution >= 4 is 17.7 Å². The van der Waals surface area contributed by atoms with Gasteiger partial charge in [0.1, 0.15) is 18.1 Å². The molecule has 47 heavy (non-hydrogen) atoms. The summed E-state index contributed by atoms with van der Waals surface area (Å²) in [5.74, 6) is -0.792. The van der Waals surface area contributed by atoms with Crippen molar-refractivity contribution in [2.24, 2.45) is 7.05 Å². The summed E-state index contributed by atoms with van der Waals surface area (Å²) < 4.78 is 21.0. The number of hydrogen-bond acceptors (Lipinski definition) is 7. The first kappa shape index (κ1) is 34.0. The molecule has 250 valence electrons. The largest absolute Gasteiger partial charge is 0.439 e. The van der Waals surface area contributed by atoms with E-state index < -0.39 is 18.5 Å². The predicted molar refractivity (Wildman–Crippen MR) is 181 cm³/mol. The van der Waals surface area contributed by atoms with E-state index >= 15 is 0 Å². The highest BCUT2D eigenvalue weighted by molar-refractivity contribution is 6.18. The molecule has 2 amide bonds. The minimum Gasteiger partial charge on any atom is -0.439 e. The summed E-state index contributed by atoms with van der Waals surface area (Å²) in [6.07, 6.45) is 3.72. The highest BCUT2D eigenvalue weighted by Gasteiger charge is 2.27. The third-order valence-corrected chi connectivity index (χ3v) is 8.87. The van der Waals surface area contributed by atoms with Crippen LogP contribution in [-0.4, -0.2) is 76.3 Å². The molecule has 1 saturated carbocycles. The van der Waals surface area contributed by atoms with Crippen LogP contribution >= 0.6 is 0 Å². The van der Waals surface area contributed by atoms with Crippen molar-refractivity contribution in [2.75, 3.05) is 19.8 Å². The van der Waals surface area contributed by atoms with Crippen LogP contribution in [0.5, 0.6) is 5.75 Å².